The number of anilines is 1. The molecule has 0 amide bonds. The number of piperidine rings is 1. The topological polar surface area (TPSA) is 67.7 Å². The average Bonchev–Trinajstić information content (AvgIpc) is 3.35. The fourth-order valence-corrected chi connectivity index (χ4v) is 5.91. The van der Waals surface area contributed by atoms with E-state index in [4.69, 9.17) is 19.4 Å². The molecule has 37 heavy (non-hydrogen) atoms. The first kappa shape index (κ1) is 24.8. The highest BCUT2D eigenvalue weighted by Crippen LogP contribution is 2.32. The van der Waals surface area contributed by atoms with E-state index in [-0.39, 0.29) is 6.10 Å². The molecule has 2 saturated heterocycles. The van der Waals surface area contributed by atoms with Crippen molar-refractivity contribution in [2.75, 3.05) is 64.8 Å². The van der Waals surface area contributed by atoms with Crippen molar-refractivity contribution >= 4 is 16.7 Å². The standard InChI is InChI=1S/C29H40N6O2/c1-21-18-26-25(20-37-21)29(30-9-3-10-34-14-16-36-17-15-34)32-28(31-26)23-4-5-27-22(19-23)6-13-35(27)24-7-11-33(2)12-8-24/h4-6,13,19,21,24H,3,7-12,14-18,20H2,1-2H3,(H,30,31,32). The summed E-state index contributed by atoms with van der Waals surface area (Å²) in [5.41, 5.74) is 4.61. The lowest BCUT2D eigenvalue weighted by atomic mass is 10.0. The Balaban J connectivity index is 1.22. The van der Waals surface area contributed by atoms with Crippen LogP contribution < -0.4 is 5.32 Å². The maximum absolute atomic E-state index is 5.97. The number of nitrogens with zero attached hydrogens (tertiary/aromatic N) is 5. The van der Waals surface area contributed by atoms with E-state index in [1.54, 1.807) is 0 Å². The molecule has 0 bridgehead atoms. The van der Waals surface area contributed by atoms with Crippen molar-refractivity contribution in [1.82, 2.24) is 24.3 Å². The summed E-state index contributed by atoms with van der Waals surface area (Å²) in [6, 6.07) is 9.53. The molecule has 3 aliphatic heterocycles. The Bertz CT molecular complexity index is 1210. The van der Waals surface area contributed by atoms with Crippen LogP contribution in [0.15, 0.2) is 30.5 Å². The van der Waals surface area contributed by atoms with Crippen molar-refractivity contribution in [2.45, 2.75) is 51.4 Å². The van der Waals surface area contributed by atoms with Gasteiger partial charge in [-0.2, -0.15) is 0 Å². The first-order chi connectivity index (χ1) is 18.1. The van der Waals surface area contributed by atoms with Gasteiger partial charge in [-0.1, -0.05) is 0 Å². The highest BCUT2D eigenvalue weighted by atomic mass is 16.5. The van der Waals surface area contributed by atoms with Crippen LogP contribution in [-0.2, 0) is 22.5 Å². The van der Waals surface area contributed by atoms with Crippen LogP contribution in [0, 0.1) is 0 Å². The minimum Gasteiger partial charge on any atom is -0.379 e. The molecule has 0 saturated carbocycles. The zero-order valence-electron chi connectivity index (χ0n) is 22.3. The summed E-state index contributed by atoms with van der Waals surface area (Å²) in [5.74, 6) is 1.73. The molecule has 2 aromatic heterocycles. The summed E-state index contributed by atoms with van der Waals surface area (Å²) in [6.45, 7) is 10.7. The van der Waals surface area contributed by atoms with Gasteiger partial charge in [0.15, 0.2) is 5.82 Å². The Morgan fingerprint density at radius 1 is 1.05 bits per heavy atom. The monoisotopic (exact) mass is 504 g/mol. The molecule has 198 valence electrons. The number of fused-ring (bicyclic) bond motifs is 2. The molecule has 8 heteroatoms. The number of rotatable bonds is 7. The van der Waals surface area contributed by atoms with Crippen LogP contribution in [0.5, 0.6) is 0 Å². The molecule has 0 aliphatic carbocycles. The van der Waals surface area contributed by atoms with Gasteiger partial charge in [0, 0.05) is 60.3 Å². The maximum Gasteiger partial charge on any atom is 0.161 e. The zero-order valence-corrected chi connectivity index (χ0v) is 22.3. The first-order valence-electron chi connectivity index (χ1n) is 14.0. The number of ether oxygens (including phenoxy) is 2. The highest BCUT2D eigenvalue weighted by molar-refractivity contribution is 5.85. The molecule has 3 aliphatic rings. The predicted octanol–water partition coefficient (Wildman–Crippen LogP) is 3.96. The quantitative estimate of drug-likeness (QED) is 0.489. The molecular weight excluding hydrogens is 464 g/mol. The normalized spacial score (nSPS) is 21.8. The number of hydrogen-bond acceptors (Lipinski definition) is 7. The van der Waals surface area contributed by atoms with E-state index in [0.717, 1.165) is 93.8 Å². The number of aromatic nitrogens is 3. The van der Waals surface area contributed by atoms with Gasteiger partial charge in [-0.3, -0.25) is 4.90 Å². The van der Waals surface area contributed by atoms with Gasteiger partial charge in [-0.05, 0) is 77.1 Å². The second kappa shape index (κ2) is 11.1. The molecule has 1 atom stereocenters. The van der Waals surface area contributed by atoms with Gasteiger partial charge in [0.25, 0.3) is 0 Å². The molecule has 0 radical (unpaired) electrons. The van der Waals surface area contributed by atoms with Crippen molar-refractivity contribution in [1.29, 1.82) is 0 Å². The Hall–Kier alpha value is -2.52. The highest BCUT2D eigenvalue weighted by Gasteiger charge is 2.24. The zero-order chi connectivity index (χ0) is 25.2. The number of hydrogen-bond donors (Lipinski definition) is 1. The smallest absolute Gasteiger partial charge is 0.161 e. The minimum atomic E-state index is 0.176. The molecule has 2 fully saturated rings. The van der Waals surface area contributed by atoms with Gasteiger partial charge < -0.3 is 24.3 Å². The summed E-state index contributed by atoms with van der Waals surface area (Å²) in [4.78, 5) is 15.0. The summed E-state index contributed by atoms with van der Waals surface area (Å²) in [7, 11) is 2.22. The molecule has 8 nitrogen and oxygen atoms in total. The molecule has 5 heterocycles. The summed E-state index contributed by atoms with van der Waals surface area (Å²) >= 11 is 0. The molecular formula is C29H40N6O2. The number of morpholine rings is 1. The molecule has 1 unspecified atom stereocenters. The lowest BCUT2D eigenvalue weighted by Gasteiger charge is -2.30. The van der Waals surface area contributed by atoms with Crippen LogP contribution >= 0.6 is 0 Å². The summed E-state index contributed by atoms with van der Waals surface area (Å²) < 4.78 is 13.9. The fourth-order valence-electron chi connectivity index (χ4n) is 5.91. The molecule has 0 spiro atoms. The van der Waals surface area contributed by atoms with E-state index in [9.17, 15) is 0 Å². The largest absolute Gasteiger partial charge is 0.379 e. The van der Waals surface area contributed by atoms with Crippen LogP contribution in [0.4, 0.5) is 5.82 Å². The number of benzene rings is 1. The summed E-state index contributed by atoms with van der Waals surface area (Å²) in [5, 5.41) is 4.89. The van der Waals surface area contributed by atoms with E-state index in [2.05, 4.69) is 64.1 Å². The Kier molecular flexibility index (Phi) is 7.42. The van der Waals surface area contributed by atoms with E-state index in [1.165, 1.54) is 23.7 Å². The van der Waals surface area contributed by atoms with Crippen LogP contribution in [0.25, 0.3) is 22.3 Å². The van der Waals surface area contributed by atoms with E-state index in [1.807, 2.05) is 0 Å². The van der Waals surface area contributed by atoms with Gasteiger partial charge in [0.1, 0.15) is 5.82 Å². The Labute approximate surface area is 220 Å². The molecule has 1 N–H and O–H groups in total. The number of likely N-dealkylation sites (tertiary alicyclic amines) is 1. The Morgan fingerprint density at radius 2 is 1.89 bits per heavy atom. The lowest BCUT2D eigenvalue weighted by molar-refractivity contribution is 0.0377. The van der Waals surface area contributed by atoms with Crippen LogP contribution in [-0.4, -0.2) is 90.0 Å². The van der Waals surface area contributed by atoms with Crippen molar-refractivity contribution in [2.24, 2.45) is 0 Å². The minimum absolute atomic E-state index is 0.176. The first-order valence-corrected chi connectivity index (χ1v) is 14.0. The van der Waals surface area contributed by atoms with Crippen molar-refractivity contribution < 1.29 is 9.47 Å². The molecule has 6 rings (SSSR count). The molecule has 1 aromatic carbocycles. The third-order valence-corrected chi connectivity index (χ3v) is 8.19. The SMILES string of the molecule is CC1Cc2nc(-c3ccc4c(ccn4C4CCN(C)CC4)c3)nc(NCCCN3CCOCC3)c2CO1. The maximum atomic E-state index is 5.97. The van der Waals surface area contributed by atoms with Gasteiger partial charge in [0.2, 0.25) is 0 Å². The van der Waals surface area contributed by atoms with Crippen molar-refractivity contribution in [3.05, 3.63) is 41.7 Å². The second-order valence-electron chi connectivity index (χ2n) is 10.9. The third kappa shape index (κ3) is 5.53. The van der Waals surface area contributed by atoms with Crippen LogP contribution in [0.1, 0.15) is 43.5 Å². The van der Waals surface area contributed by atoms with Crippen molar-refractivity contribution in [3.63, 3.8) is 0 Å². The van der Waals surface area contributed by atoms with Crippen LogP contribution in [0.2, 0.25) is 0 Å². The van der Waals surface area contributed by atoms with E-state index >= 15 is 0 Å². The number of nitrogens with one attached hydrogen (secondary N) is 1. The van der Waals surface area contributed by atoms with Gasteiger partial charge in [-0.25, -0.2) is 9.97 Å². The lowest BCUT2D eigenvalue weighted by Crippen LogP contribution is -2.37. The van der Waals surface area contributed by atoms with Gasteiger partial charge >= 0.3 is 0 Å². The van der Waals surface area contributed by atoms with Gasteiger partial charge in [0.05, 0.1) is 31.6 Å². The molecule has 3 aromatic rings. The van der Waals surface area contributed by atoms with Gasteiger partial charge in [-0.15, -0.1) is 0 Å². The Morgan fingerprint density at radius 3 is 2.73 bits per heavy atom. The summed E-state index contributed by atoms with van der Waals surface area (Å²) in [6.07, 6.45) is 6.74. The predicted molar refractivity (Wildman–Crippen MR) is 147 cm³/mol. The van der Waals surface area contributed by atoms with Crippen molar-refractivity contribution in [3.8, 4) is 11.4 Å². The average molecular weight is 505 g/mol. The van der Waals surface area contributed by atoms with Crippen LogP contribution in [0.3, 0.4) is 0 Å². The fraction of sp³-hybridized carbons (Fsp3) is 0.586. The second-order valence-corrected chi connectivity index (χ2v) is 10.9. The van der Waals surface area contributed by atoms with E-state index in [0.29, 0.717) is 12.6 Å². The van der Waals surface area contributed by atoms with E-state index < -0.39 is 0 Å². The third-order valence-electron chi connectivity index (χ3n) is 8.19.